The lowest BCUT2D eigenvalue weighted by Crippen LogP contribution is -2.15. The van der Waals surface area contributed by atoms with Crippen LogP contribution in [-0.4, -0.2) is 18.9 Å². The molecular formula is C65H42N4. The lowest BCUT2D eigenvalue weighted by atomic mass is 9.81. The minimum atomic E-state index is -0.204. The Labute approximate surface area is 398 Å². The standard InChI is InChI=1S/C65H42N4/c1-65(2)55-34-43(28-30-47(55)53-32-45-33-54-52-21-13-20-51-49-19-10-11-22-59(49)68(63(51)52)62(54)37-46(45)35-56(53)65)44-29-31-50-48-18-9-12-23-60(48)69(61(50)36-44)64-66-57(41-16-7-4-8-17-41)38-58(67-64)42-26-24-40(25-27-42)39-14-5-3-6-15-39/h3-38H,1-2H3. The summed E-state index contributed by atoms with van der Waals surface area (Å²) in [5.74, 6) is 0.642. The molecule has 0 radical (unpaired) electrons. The van der Waals surface area contributed by atoms with Gasteiger partial charge < -0.3 is 4.40 Å². The minimum absolute atomic E-state index is 0.204. The molecule has 10 aromatic carbocycles. The maximum atomic E-state index is 5.39. The minimum Gasteiger partial charge on any atom is -0.308 e. The summed E-state index contributed by atoms with van der Waals surface area (Å²) in [6.45, 7) is 4.79. The average molecular weight is 879 g/mol. The summed E-state index contributed by atoms with van der Waals surface area (Å²) >= 11 is 0. The van der Waals surface area contributed by atoms with E-state index < -0.39 is 0 Å². The van der Waals surface area contributed by atoms with Gasteiger partial charge >= 0.3 is 0 Å². The average Bonchev–Trinajstić information content (AvgIpc) is 4.10. The van der Waals surface area contributed by atoms with Gasteiger partial charge in [-0.2, -0.15) is 0 Å². The van der Waals surface area contributed by atoms with Crippen molar-refractivity contribution in [3.63, 3.8) is 0 Å². The summed E-state index contributed by atoms with van der Waals surface area (Å²) in [5.41, 5.74) is 19.7. The van der Waals surface area contributed by atoms with E-state index in [1.165, 1.54) is 98.6 Å². The Morgan fingerprint density at radius 2 is 0.870 bits per heavy atom. The fourth-order valence-corrected chi connectivity index (χ4v) is 11.9. The second kappa shape index (κ2) is 14.1. The summed E-state index contributed by atoms with van der Waals surface area (Å²) in [6.07, 6.45) is 0. The second-order valence-electron chi connectivity index (χ2n) is 19.4. The van der Waals surface area contributed by atoms with Crippen LogP contribution in [0.5, 0.6) is 0 Å². The van der Waals surface area contributed by atoms with E-state index in [0.717, 1.165) is 39.1 Å². The van der Waals surface area contributed by atoms with Gasteiger partial charge in [0.1, 0.15) is 0 Å². The fourth-order valence-electron chi connectivity index (χ4n) is 11.9. The highest BCUT2D eigenvalue weighted by atomic mass is 15.2. The van der Waals surface area contributed by atoms with Crippen molar-refractivity contribution in [3.05, 3.63) is 230 Å². The van der Waals surface area contributed by atoms with Gasteiger partial charge in [0.15, 0.2) is 0 Å². The van der Waals surface area contributed by atoms with Crippen molar-refractivity contribution >= 4 is 70.7 Å². The molecule has 69 heavy (non-hydrogen) atoms. The molecule has 0 saturated carbocycles. The molecule has 14 aromatic rings. The summed E-state index contributed by atoms with van der Waals surface area (Å²) in [4.78, 5) is 10.7. The predicted molar refractivity (Wildman–Crippen MR) is 288 cm³/mol. The number of aromatic nitrogens is 4. The zero-order valence-electron chi connectivity index (χ0n) is 38.1. The third-order valence-corrected chi connectivity index (χ3v) is 15.3. The molecular weight excluding hydrogens is 837 g/mol. The zero-order chi connectivity index (χ0) is 45.5. The van der Waals surface area contributed by atoms with Gasteiger partial charge in [-0.3, -0.25) is 4.57 Å². The van der Waals surface area contributed by atoms with Crippen molar-refractivity contribution in [2.45, 2.75) is 19.3 Å². The molecule has 0 unspecified atom stereocenters. The van der Waals surface area contributed by atoms with E-state index in [-0.39, 0.29) is 5.41 Å². The topological polar surface area (TPSA) is 35.1 Å². The second-order valence-corrected chi connectivity index (χ2v) is 19.4. The Morgan fingerprint density at radius 1 is 0.333 bits per heavy atom. The van der Waals surface area contributed by atoms with Crippen LogP contribution in [0.25, 0.3) is 133 Å². The SMILES string of the molecule is CC1(C)c2cc(-c3ccc4c5ccccc5n(-c5nc(-c6ccccc6)cc(-c6ccc(-c7ccccc7)cc6)n5)c4c3)ccc2-c2cc3cc4c5cccc6c7ccccc7n(c4cc3cc21)c65. The van der Waals surface area contributed by atoms with Crippen LogP contribution >= 0.6 is 0 Å². The molecule has 0 aliphatic heterocycles. The number of rotatable bonds is 5. The molecule has 1 aliphatic carbocycles. The Bertz CT molecular complexity index is 4420. The first-order valence-electron chi connectivity index (χ1n) is 23.9. The van der Waals surface area contributed by atoms with Crippen LogP contribution in [0.1, 0.15) is 25.0 Å². The smallest absolute Gasteiger partial charge is 0.235 e. The highest BCUT2D eigenvalue weighted by molar-refractivity contribution is 6.25. The normalized spacial score (nSPS) is 13.2. The van der Waals surface area contributed by atoms with Crippen LogP contribution in [-0.2, 0) is 5.41 Å². The van der Waals surface area contributed by atoms with Gasteiger partial charge in [0.2, 0.25) is 5.95 Å². The van der Waals surface area contributed by atoms with Gasteiger partial charge in [-0.25, -0.2) is 9.97 Å². The largest absolute Gasteiger partial charge is 0.308 e. The number of hydrogen-bond donors (Lipinski definition) is 0. The van der Waals surface area contributed by atoms with Crippen LogP contribution in [0.4, 0.5) is 0 Å². The van der Waals surface area contributed by atoms with Gasteiger partial charge in [-0.05, 0) is 110 Å². The van der Waals surface area contributed by atoms with E-state index in [2.05, 4.69) is 241 Å². The van der Waals surface area contributed by atoms with E-state index in [4.69, 9.17) is 9.97 Å². The number of hydrogen-bond acceptors (Lipinski definition) is 2. The zero-order valence-corrected chi connectivity index (χ0v) is 38.1. The summed E-state index contributed by atoms with van der Waals surface area (Å²) < 4.78 is 4.75. The van der Waals surface area contributed by atoms with E-state index in [0.29, 0.717) is 5.95 Å². The third kappa shape index (κ3) is 5.51. The van der Waals surface area contributed by atoms with Crippen molar-refractivity contribution in [3.8, 4) is 61.8 Å². The van der Waals surface area contributed by atoms with Crippen LogP contribution in [0.15, 0.2) is 218 Å². The van der Waals surface area contributed by atoms with Crippen molar-refractivity contribution in [1.29, 1.82) is 0 Å². The third-order valence-electron chi connectivity index (χ3n) is 15.3. The van der Waals surface area contributed by atoms with Crippen molar-refractivity contribution in [2.75, 3.05) is 0 Å². The number of fused-ring (bicyclic) bond motifs is 13. The maximum Gasteiger partial charge on any atom is 0.235 e. The molecule has 0 amide bonds. The molecule has 15 rings (SSSR count). The maximum absolute atomic E-state index is 5.39. The van der Waals surface area contributed by atoms with Crippen LogP contribution in [0.2, 0.25) is 0 Å². The van der Waals surface area contributed by atoms with Crippen molar-refractivity contribution in [2.24, 2.45) is 0 Å². The number of para-hydroxylation sites is 3. The van der Waals surface area contributed by atoms with Crippen molar-refractivity contribution in [1.82, 2.24) is 18.9 Å². The van der Waals surface area contributed by atoms with Gasteiger partial charge in [0, 0.05) is 48.9 Å². The van der Waals surface area contributed by atoms with E-state index in [1.54, 1.807) is 0 Å². The lowest BCUT2D eigenvalue weighted by Gasteiger charge is -2.22. The predicted octanol–water partition coefficient (Wildman–Crippen LogP) is 16.9. The monoisotopic (exact) mass is 878 g/mol. The Morgan fingerprint density at radius 3 is 1.64 bits per heavy atom. The molecule has 4 heteroatoms. The molecule has 0 bridgehead atoms. The van der Waals surface area contributed by atoms with Crippen LogP contribution < -0.4 is 0 Å². The molecule has 0 N–H and O–H groups in total. The summed E-state index contributed by atoms with van der Waals surface area (Å²) in [5, 5.41) is 10.1. The Hall–Kier alpha value is -8.86. The fraction of sp³-hybridized carbons (Fsp3) is 0.0462. The van der Waals surface area contributed by atoms with Crippen LogP contribution in [0.3, 0.4) is 0 Å². The Balaban J connectivity index is 0.869. The Kier molecular flexibility index (Phi) is 7.81. The number of benzene rings is 10. The van der Waals surface area contributed by atoms with E-state index in [1.807, 2.05) is 0 Å². The van der Waals surface area contributed by atoms with Crippen LogP contribution in [0, 0.1) is 0 Å². The molecule has 0 fully saturated rings. The van der Waals surface area contributed by atoms with E-state index in [9.17, 15) is 0 Å². The first-order chi connectivity index (χ1) is 33.9. The first-order valence-corrected chi connectivity index (χ1v) is 23.9. The summed E-state index contributed by atoms with van der Waals surface area (Å²) in [6, 6.07) is 79.8. The van der Waals surface area contributed by atoms with Crippen molar-refractivity contribution < 1.29 is 0 Å². The molecule has 4 aromatic heterocycles. The molecule has 0 atom stereocenters. The molecule has 0 spiro atoms. The highest BCUT2D eigenvalue weighted by Crippen LogP contribution is 2.52. The molecule has 4 heterocycles. The summed E-state index contributed by atoms with van der Waals surface area (Å²) in [7, 11) is 0. The quantitative estimate of drug-likeness (QED) is 0.173. The lowest BCUT2D eigenvalue weighted by molar-refractivity contribution is 0.661. The van der Waals surface area contributed by atoms with Gasteiger partial charge in [-0.15, -0.1) is 0 Å². The molecule has 1 aliphatic rings. The highest BCUT2D eigenvalue weighted by Gasteiger charge is 2.36. The van der Waals surface area contributed by atoms with Gasteiger partial charge in [0.05, 0.1) is 39.0 Å². The van der Waals surface area contributed by atoms with E-state index >= 15 is 0 Å². The van der Waals surface area contributed by atoms with Gasteiger partial charge in [-0.1, -0.05) is 178 Å². The van der Waals surface area contributed by atoms with Gasteiger partial charge in [0.25, 0.3) is 0 Å². The first kappa shape index (κ1) is 38.3. The molecule has 322 valence electrons. The molecule has 4 nitrogen and oxygen atoms in total. The molecule has 0 saturated heterocycles. The number of nitrogens with zero attached hydrogens (tertiary/aromatic N) is 4.